The Morgan fingerprint density at radius 1 is 1.20 bits per heavy atom. The van der Waals surface area contributed by atoms with Crippen molar-refractivity contribution >= 4 is 34.9 Å². The number of benzene rings is 1. The highest BCUT2D eigenvalue weighted by Crippen LogP contribution is 2.22. The molecule has 1 aromatic heterocycles. The van der Waals surface area contributed by atoms with Crippen LogP contribution in [0.3, 0.4) is 0 Å². The average Bonchev–Trinajstić information content (AvgIpc) is 2.89. The summed E-state index contributed by atoms with van der Waals surface area (Å²) in [4.78, 5) is 12.6. The molecule has 0 aliphatic heterocycles. The van der Waals surface area contributed by atoms with E-state index in [1.807, 2.05) is 30.3 Å². The summed E-state index contributed by atoms with van der Waals surface area (Å²) in [6.07, 6.45) is 3.23. The molecular weight excluding hydrogens is 294 g/mol. The largest absolute Gasteiger partial charge is 0.392 e. The Balaban J connectivity index is 1.83. The molecule has 3 nitrogen and oxygen atoms in total. The predicted octanol–water partition coefficient (Wildman–Crippen LogP) is 3.22. The Kier molecular flexibility index (Phi) is 5.35. The molecule has 1 heterocycles. The molecule has 0 spiro atoms. The van der Waals surface area contributed by atoms with Crippen LogP contribution in [0.1, 0.15) is 16.0 Å². The van der Waals surface area contributed by atoms with Crippen molar-refractivity contribution < 1.29 is 9.90 Å². The van der Waals surface area contributed by atoms with Crippen molar-refractivity contribution in [2.45, 2.75) is 13.2 Å². The molecule has 0 unspecified atom stereocenters. The molecule has 5 heteroatoms. The maximum atomic E-state index is 11.7. The van der Waals surface area contributed by atoms with Gasteiger partial charge in [-0.1, -0.05) is 35.9 Å². The molecule has 0 saturated carbocycles. The number of amides is 1. The molecule has 0 saturated heterocycles. The van der Waals surface area contributed by atoms with E-state index in [0.717, 1.165) is 16.0 Å². The quantitative estimate of drug-likeness (QED) is 0.833. The van der Waals surface area contributed by atoms with Crippen LogP contribution in [0.25, 0.3) is 6.08 Å². The Hall–Kier alpha value is -1.62. The van der Waals surface area contributed by atoms with Crippen molar-refractivity contribution in [1.82, 2.24) is 5.32 Å². The van der Waals surface area contributed by atoms with Crippen molar-refractivity contribution in [3.63, 3.8) is 0 Å². The van der Waals surface area contributed by atoms with Crippen molar-refractivity contribution in [3.05, 3.63) is 62.8 Å². The van der Waals surface area contributed by atoms with Gasteiger partial charge in [0.2, 0.25) is 5.91 Å². The second-order valence-corrected chi connectivity index (χ2v) is 5.91. The SMILES string of the molecule is O=C(/C=C/c1ccc(Cl)s1)NCc1ccc(CO)cc1. The Morgan fingerprint density at radius 3 is 2.50 bits per heavy atom. The van der Waals surface area contributed by atoms with Crippen molar-refractivity contribution in [1.29, 1.82) is 0 Å². The van der Waals surface area contributed by atoms with Crippen LogP contribution >= 0.6 is 22.9 Å². The second kappa shape index (κ2) is 7.24. The first-order valence-corrected chi connectivity index (χ1v) is 7.27. The third-order valence-corrected chi connectivity index (χ3v) is 3.86. The minimum absolute atomic E-state index is 0.0265. The summed E-state index contributed by atoms with van der Waals surface area (Å²) in [5, 5.41) is 11.7. The van der Waals surface area contributed by atoms with Gasteiger partial charge in [0.1, 0.15) is 0 Å². The number of carbonyl (C=O) groups is 1. The summed E-state index contributed by atoms with van der Waals surface area (Å²) in [7, 11) is 0. The summed E-state index contributed by atoms with van der Waals surface area (Å²) < 4.78 is 0.703. The average molecular weight is 308 g/mol. The maximum absolute atomic E-state index is 11.7. The highest BCUT2D eigenvalue weighted by molar-refractivity contribution is 7.17. The zero-order chi connectivity index (χ0) is 14.4. The standard InChI is InChI=1S/C15H14ClNO2S/c16-14-7-5-13(20-14)6-8-15(19)17-9-11-1-3-12(10-18)4-2-11/h1-8,18H,9-10H2,(H,17,19)/b8-6+. The van der Waals surface area contributed by atoms with E-state index in [0.29, 0.717) is 10.9 Å². The molecule has 0 bridgehead atoms. The van der Waals surface area contributed by atoms with Gasteiger partial charge < -0.3 is 10.4 Å². The van der Waals surface area contributed by atoms with Crippen LogP contribution < -0.4 is 5.32 Å². The van der Waals surface area contributed by atoms with Crippen LogP contribution in [-0.2, 0) is 17.9 Å². The van der Waals surface area contributed by atoms with E-state index in [4.69, 9.17) is 16.7 Å². The highest BCUT2D eigenvalue weighted by Gasteiger charge is 1.98. The fraction of sp³-hybridized carbons (Fsp3) is 0.133. The number of carbonyl (C=O) groups excluding carboxylic acids is 1. The van der Waals surface area contributed by atoms with Gasteiger partial charge in [-0.15, -0.1) is 11.3 Å². The van der Waals surface area contributed by atoms with Gasteiger partial charge in [0.15, 0.2) is 0 Å². The smallest absolute Gasteiger partial charge is 0.244 e. The molecule has 0 radical (unpaired) electrons. The minimum atomic E-state index is -0.152. The minimum Gasteiger partial charge on any atom is -0.392 e. The second-order valence-electron chi connectivity index (χ2n) is 4.17. The summed E-state index contributed by atoms with van der Waals surface area (Å²) in [6.45, 7) is 0.485. The molecule has 0 aliphatic carbocycles. The van der Waals surface area contributed by atoms with Gasteiger partial charge in [-0.25, -0.2) is 0 Å². The first-order chi connectivity index (χ1) is 9.67. The highest BCUT2D eigenvalue weighted by atomic mass is 35.5. The van der Waals surface area contributed by atoms with Gasteiger partial charge in [0.05, 0.1) is 10.9 Å². The van der Waals surface area contributed by atoms with Gasteiger partial charge >= 0.3 is 0 Å². The van der Waals surface area contributed by atoms with Crippen molar-refractivity contribution in [2.75, 3.05) is 0 Å². The van der Waals surface area contributed by atoms with E-state index < -0.39 is 0 Å². The van der Waals surface area contributed by atoms with Crippen LogP contribution in [0.2, 0.25) is 4.34 Å². The summed E-state index contributed by atoms with van der Waals surface area (Å²) in [5.41, 5.74) is 1.85. The molecule has 2 N–H and O–H groups in total. The molecule has 2 rings (SSSR count). The monoisotopic (exact) mass is 307 g/mol. The summed E-state index contributed by atoms with van der Waals surface area (Å²) >= 11 is 7.23. The zero-order valence-electron chi connectivity index (χ0n) is 10.7. The van der Waals surface area contributed by atoms with Gasteiger partial charge in [-0.05, 0) is 29.3 Å². The first-order valence-electron chi connectivity index (χ1n) is 6.07. The van der Waals surface area contributed by atoms with E-state index >= 15 is 0 Å². The molecule has 20 heavy (non-hydrogen) atoms. The lowest BCUT2D eigenvalue weighted by molar-refractivity contribution is -0.116. The number of nitrogens with one attached hydrogen (secondary N) is 1. The topological polar surface area (TPSA) is 49.3 Å². The third kappa shape index (κ3) is 4.49. The van der Waals surface area contributed by atoms with Crippen molar-refractivity contribution in [3.8, 4) is 0 Å². The molecule has 0 atom stereocenters. The summed E-state index contributed by atoms with van der Waals surface area (Å²) in [5.74, 6) is -0.152. The van der Waals surface area contributed by atoms with Gasteiger partial charge in [0, 0.05) is 17.5 Å². The molecule has 1 amide bonds. The molecule has 0 aliphatic rings. The molecular formula is C15H14ClNO2S. The lowest BCUT2D eigenvalue weighted by Gasteiger charge is -2.03. The first kappa shape index (κ1) is 14.8. The predicted molar refractivity (Wildman–Crippen MR) is 82.6 cm³/mol. The number of thiophene rings is 1. The van der Waals surface area contributed by atoms with Gasteiger partial charge in [-0.3, -0.25) is 4.79 Å². The zero-order valence-corrected chi connectivity index (χ0v) is 12.2. The molecule has 0 fully saturated rings. The fourth-order valence-electron chi connectivity index (χ4n) is 1.59. The number of aliphatic hydroxyl groups excluding tert-OH is 1. The number of hydrogen-bond acceptors (Lipinski definition) is 3. The lowest BCUT2D eigenvalue weighted by Crippen LogP contribution is -2.20. The van der Waals surface area contributed by atoms with E-state index in [1.54, 1.807) is 12.1 Å². The number of rotatable bonds is 5. The van der Waals surface area contributed by atoms with E-state index in [1.165, 1.54) is 17.4 Å². The third-order valence-electron chi connectivity index (χ3n) is 2.67. The van der Waals surface area contributed by atoms with Crippen LogP contribution in [0.5, 0.6) is 0 Å². The van der Waals surface area contributed by atoms with E-state index in [-0.39, 0.29) is 12.5 Å². The number of aliphatic hydroxyl groups is 1. The molecule has 1 aromatic carbocycles. The Bertz CT molecular complexity index is 605. The maximum Gasteiger partial charge on any atom is 0.244 e. The summed E-state index contributed by atoms with van der Waals surface area (Å²) in [6, 6.07) is 11.1. The fourth-order valence-corrected chi connectivity index (χ4v) is 2.55. The van der Waals surface area contributed by atoms with Crippen LogP contribution in [0.4, 0.5) is 0 Å². The Labute approximate surface area is 126 Å². The number of halogens is 1. The van der Waals surface area contributed by atoms with Crippen molar-refractivity contribution in [2.24, 2.45) is 0 Å². The number of hydrogen-bond donors (Lipinski definition) is 2. The van der Waals surface area contributed by atoms with Gasteiger partial charge in [-0.2, -0.15) is 0 Å². The molecule has 2 aromatic rings. The van der Waals surface area contributed by atoms with Crippen LogP contribution in [0.15, 0.2) is 42.5 Å². The normalized spacial score (nSPS) is 10.9. The lowest BCUT2D eigenvalue weighted by atomic mass is 10.1. The Morgan fingerprint density at radius 2 is 1.90 bits per heavy atom. The molecule has 104 valence electrons. The van der Waals surface area contributed by atoms with Crippen LogP contribution in [0, 0.1) is 0 Å². The van der Waals surface area contributed by atoms with E-state index in [2.05, 4.69) is 5.32 Å². The van der Waals surface area contributed by atoms with E-state index in [9.17, 15) is 4.79 Å². The van der Waals surface area contributed by atoms with Gasteiger partial charge in [0.25, 0.3) is 0 Å². The van der Waals surface area contributed by atoms with Crippen LogP contribution in [-0.4, -0.2) is 11.0 Å².